The summed E-state index contributed by atoms with van der Waals surface area (Å²) in [6, 6.07) is 0. The first kappa shape index (κ1) is 68.9. The van der Waals surface area contributed by atoms with Crippen molar-refractivity contribution >= 4 is 19.8 Å². The van der Waals surface area contributed by atoms with Gasteiger partial charge in [0.15, 0.2) is 6.10 Å². The van der Waals surface area contributed by atoms with Gasteiger partial charge in [-0.05, 0) is 116 Å². The summed E-state index contributed by atoms with van der Waals surface area (Å²) < 4.78 is 34.3. The lowest BCUT2D eigenvalue weighted by atomic mass is 10.1. The van der Waals surface area contributed by atoms with Crippen molar-refractivity contribution in [1.29, 1.82) is 0 Å². The molecule has 0 aromatic heterocycles. The first-order chi connectivity index (χ1) is 35.5. The zero-order valence-corrected chi connectivity index (χ0v) is 47.4. The van der Waals surface area contributed by atoms with Crippen LogP contribution < -0.4 is 0 Å². The highest BCUT2D eigenvalue weighted by molar-refractivity contribution is 7.47. The van der Waals surface area contributed by atoms with Crippen LogP contribution in [-0.4, -0.2) is 74.9 Å². The van der Waals surface area contributed by atoms with Crippen molar-refractivity contribution in [3.63, 3.8) is 0 Å². The third-order valence-corrected chi connectivity index (χ3v) is 12.1. The molecule has 0 aromatic rings. The molecule has 0 rings (SSSR count). The zero-order valence-electron chi connectivity index (χ0n) is 46.6. The normalized spacial score (nSPS) is 14.4. The van der Waals surface area contributed by atoms with Crippen molar-refractivity contribution in [3.8, 4) is 0 Å². The Balaban J connectivity index is 4.15. The van der Waals surface area contributed by atoms with E-state index in [-0.39, 0.29) is 26.1 Å². The van der Waals surface area contributed by atoms with E-state index in [1.165, 1.54) is 6.42 Å². The number of phosphoric acid groups is 1. The van der Waals surface area contributed by atoms with Crippen molar-refractivity contribution in [2.45, 2.75) is 193 Å². The number of allylic oxidation sites excluding steroid dienone is 24. The summed E-state index contributed by atoms with van der Waals surface area (Å²) in [5.74, 6) is -0.847. The van der Waals surface area contributed by atoms with Gasteiger partial charge in [0.05, 0.1) is 27.7 Å². The van der Waals surface area contributed by atoms with Crippen LogP contribution in [0.25, 0.3) is 0 Å². The second-order valence-electron chi connectivity index (χ2n) is 19.2. The molecule has 2 unspecified atom stereocenters. The van der Waals surface area contributed by atoms with Crippen LogP contribution in [-0.2, 0) is 32.7 Å². The van der Waals surface area contributed by atoms with Gasteiger partial charge in [-0.3, -0.25) is 18.6 Å². The van der Waals surface area contributed by atoms with Gasteiger partial charge in [-0.2, -0.15) is 0 Å². The minimum absolute atomic E-state index is 0.0186. The van der Waals surface area contributed by atoms with Crippen LogP contribution in [0.1, 0.15) is 187 Å². The Kier molecular flexibility index (Phi) is 49.8. The molecule has 9 nitrogen and oxygen atoms in total. The quantitative estimate of drug-likeness (QED) is 0.0211. The number of ether oxygens (including phenoxy) is 2. The largest absolute Gasteiger partial charge is 0.472 e. The summed E-state index contributed by atoms with van der Waals surface area (Å²) >= 11 is 0. The molecule has 0 saturated carbocycles. The Hall–Kier alpha value is -4.11. The second-order valence-corrected chi connectivity index (χ2v) is 20.7. The lowest BCUT2D eigenvalue weighted by molar-refractivity contribution is -0.870. The third kappa shape index (κ3) is 57.0. The summed E-state index contributed by atoms with van der Waals surface area (Å²) in [5, 5.41) is 0. The van der Waals surface area contributed by atoms with Crippen LogP contribution in [0, 0.1) is 0 Å². The van der Waals surface area contributed by atoms with Gasteiger partial charge in [0.25, 0.3) is 0 Å². The van der Waals surface area contributed by atoms with Gasteiger partial charge in [-0.15, -0.1) is 0 Å². The van der Waals surface area contributed by atoms with Crippen LogP contribution in [0.4, 0.5) is 0 Å². The van der Waals surface area contributed by atoms with Crippen molar-refractivity contribution in [3.05, 3.63) is 146 Å². The fourth-order valence-electron chi connectivity index (χ4n) is 6.78. The monoisotopic (exact) mass is 1030 g/mol. The second kappa shape index (κ2) is 52.7. The molecule has 0 fully saturated rings. The molecule has 0 amide bonds. The predicted molar refractivity (Wildman–Crippen MR) is 311 cm³/mol. The van der Waals surface area contributed by atoms with Gasteiger partial charge in [0.2, 0.25) is 0 Å². The van der Waals surface area contributed by atoms with E-state index in [2.05, 4.69) is 160 Å². The maximum Gasteiger partial charge on any atom is 0.472 e. The van der Waals surface area contributed by atoms with Gasteiger partial charge in [0, 0.05) is 12.8 Å². The first-order valence-electron chi connectivity index (χ1n) is 28.1. The molecule has 0 aliphatic carbocycles. The molecular formula is C63H103NO8P+. The van der Waals surface area contributed by atoms with E-state index in [1.807, 2.05) is 21.1 Å². The van der Waals surface area contributed by atoms with Gasteiger partial charge < -0.3 is 18.9 Å². The average molecular weight is 1030 g/mol. The highest BCUT2D eigenvalue weighted by Crippen LogP contribution is 2.43. The molecule has 0 saturated heterocycles. The van der Waals surface area contributed by atoms with Gasteiger partial charge >= 0.3 is 19.8 Å². The predicted octanol–water partition coefficient (Wildman–Crippen LogP) is 17.5. The fraction of sp³-hybridized carbons (Fsp3) is 0.587. The molecule has 0 heterocycles. The maximum atomic E-state index is 12.8. The topological polar surface area (TPSA) is 108 Å². The summed E-state index contributed by atoms with van der Waals surface area (Å²) in [5.41, 5.74) is 0. The number of likely N-dealkylation sites (N-methyl/N-ethyl adjacent to an activating group) is 1. The molecule has 1 N–H and O–H groups in total. The van der Waals surface area contributed by atoms with Crippen LogP contribution in [0.2, 0.25) is 0 Å². The van der Waals surface area contributed by atoms with Crippen LogP contribution in [0.15, 0.2) is 146 Å². The number of phosphoric ester groups is 1. The van der Waals surface area contributed by atoms with Gasteiger partial charge in [0.1, 0.15) is 19.8 Å². The number of rotatable bonds is 49. The van der Waals surface area contributed by atoms with E-state index in [0.29, 0.717) is 17.4 Å². The lowest BCUT2D eigenvalue weighted by Gasteiger charge is -2.24. The average Bonchev–Trinajstić information content (AvgIpc) is 3.35. The highest BCUT2D eigenvalue weighted by atomic mass is 31.2. The minimum Gasteiger partial charge on any atom is -0.462 e. The molecule has 0 radical (unpaired) electrons. The van der Waals surface area contributed by atoms with Crippen LogP contribution in [0.5, 0.6) is 0 Å². The van der Waals surface area contributed by atoms with Gasteiger partial charge in [-0.1, -0.05) is 205 Å². The molecule has 10 heteroatoms. The molecule has 0 spiro atoms. The van der Waals surface area contributed by atoms with E-state index in [9.17, 15) is 19.0 Å². The van der Waals surface area contributed by atoms with Gasteiger partial charge in [-0.25, -0.2) is 4.57 Å². The molecular weight excluding hydrogens is 930 g/mol. The Morgan fingerprint density at radius 2 is 0.781 bits per heavy atom. The Morgan fingerprint density at radius 3 is 1.18 bits per heavy atom. The summed E-state index contributed by atoms with van der Waals surface area (Å²) in [6.07, 6.45) is 77.9. The number of unbranched alkanes of at least 4 members (excludes halogenated alkanes) is 11. The fourth-order valence-corrected chi connectivity index (χ4v) is 7.53. The number of esters is 2. The number of quaternary nitrogens is 1. The summed E-state index contributed by atoms with van der Waals surface area (Å²) in [4.78, 5) is 35.4. The van der Waals surface area contributed by atoms with E-state index in [4.69, 9.17) is 18.5 Å². The van der Waals surface area contributed by atoms with E-state index in [0.717, 1.165) is 148 Å². The SMILES string of the molecule is CC/C=C\C/C=C\C/C=C\C/C=C\C/C=C\C/C=C\C/C=C\C/C=C\C/C=C\C/C=C\C/C=C\CCCCCCCC(=O)OC(COC(=O)CCCCCCC/C=C\CCC)COP(=O)(O)OCC[N+](C)(C)C. The number of hydrogen-bond donors (Lipinski definition) is 1. The molecule has 412 valence electrons. The smallest absolute Gasteiger partial charge is 0.462 e. The molecule has 0 aliphatic heterocycles. The molecule has 0 aromatic carbocycles. The van der Waals surface area contributed by atoms with Crippen LogP contribution >= 0.6 is 7.82 Å². The molecule has 0 bridgehead atoms. The van der Waals surface area contributed by atoms with Crippen LogP contribution in [0.3, 0.4) is 0 Å². The lowest BCUT2D eigenvalue weighted by Crippen LogP contribution is -2.37. The summed E-state index contributed by atoms with van der Waals surface area (Å²) in [6.45, 7) is 4.18. The molecule has 0 aliphatic rings. The van der Waals surface area contributed by atoms with E-state index in [1.54, 1.807) is 0 Å². The number of nitrogens with zero attached hydrogens (tertiary/aromatic N) is 1. The van der Waals surface area contributed by atoms with Crippen molar-refractivity contribution in [1.82, 2.24) is 0 Å². The Morgan fingerprint density at radius 1 is 0.438 bits per heavy atom. The Bertz CT molecular complexity index is 1740. The number of hydrogen-bond acceptors (Lipinski definition) is 7. The zero-order chi connectivity index (χ0) is 53.5. The first-order valence-corrected chi connectivity index (χ1v) is 29.6. The van der Waals surface area contributed by atoms with Crippen molar-refractivity contribution in [2.75, 3.05) is 47.5 Å². The van der Waals surface area contributed by atoms with E-state index < -0.39 is 32.5 Å². The standard InChI is InChI=1S/C63H102NO8P/c1-6-8-10-12-14-16-18-19-20-21-22-23-24-25-26-27-28-29-30-31-32-33-34-35-36-37-38-39-40-41-42-43-44-45-46-48-50-52-54-56-63(66)72-61(60-71-73(67,68)70-58-57-64(3,4)5)59-69-62(65)55-53-51-49-47-17-15-13-11-9-7-2/h8,10-11,13-14,16,19-20,22-23,25-26,28-29,31-32,34-35,37-38,40-41,43-44,61H,6-7,9,12,15,17-18,21,24,27,30,33,36,39,42,45-60H2,1-5H3/p+1/b10-8-,13-11-,16-14-,20-19-,23-22-,26-25-,29-28-,32-31-,35-34-,38-37-,41-40-,44-43-. The number of carbonyl (C=O) groups excluding carboxylic acids is 2. The van der Waals surface area contributed by atoms with Crippen molar-refractivity contribution in [2.24, 2.45) is 0 Å². The Labute approximate surface area is 446 Å². The number of carbonyl (C=O) groups is 2. The van der Waals surface area contributed by atoms with E-state index >= 15 is 0 Å². The molecule has 73 heavy (non-hydrogen) atoms. The minimum atomic E-state index is -4.39. The highest BCUT2D eigenvalue weighted by Gasteiger charge is 2.27. The maximum absolute atomic E-state index is 12.8. The molecule has 2 atom stereocenters. The van der Waals surface area contributed by atoms with Crippen molar-refractivity contribution < 1.29 is 42.1 Å². The third-order valence-electron chi connectivity index (χ3n) is 11.1. The summed E-state index contributed by atoms with van der Waals surface area (Å²) in [7, 11) is 1.43.